The van der Waals surface area contributed by atoms with Gasteiger partial charge in [0.25, 0.3) is 0 Å². The van der Waals surface area contributed by atoms with Crippen LogP contribution >= 0.6 is 15.9 Å². The van der Waals surface area contributed by atoms with E-state index in [1.165, 1.54) is 6.92 Å². The molecule has 0 spiro atoms. The number of rotatable bonds is 5. The molecule has 1 aliphatic carbocycles. The standard InChI is InChI=1S/C16H13BrO4/c1-9(18)8-10(19)6-7-13-14(17)16(21)12-5-3-2-4-11(12)15(13)20/h2-5H,6-8H2,1H3. The molecule has 0 heterocycles. The van der Waals surface area contributed by atoms with Crippen LogP contribution in [0.3, 0.4) is 0 Å². The van der Waals surface area contributed by atoms with E-state index in [0.29, 0.717) is 16.7 Å². The highest BCUT2D eigenvalue weighted by atomic mass is 79.9. The van der Waals surface area contributed by atoms with Crippen molar-refractivity contribution in [1.82, 2.24) is 0 Å². The Morgan fingerprint density at radius 2 is 1.62 bits per heavy atom. The summed E-state index contributed by atoms with van der Waals surface area (Å²) >= 11 is 3.16. The van der Waals surface area contributed by atoms with Crippen molar-refractivity contribution in [2.24, 2.45) is 0 Å². The van der Waals surface area contributed by atoms with Crippen LogP contribution in [0, 0.1) is 0 Å². The third-order valence-corrected chi connectivity index (χ3v) is 4.09. The van der Waals surface area contributed by atoms with E-state index in [2.05, 4.69) is 15.9 Å². The van der Waals surface area contributed by atoms with Crippen LogP contribution in [-0.2, 0) is 9.59 Å². The SMILES string of the molecule is CC(=O)CC(=O)CCC1=C(Br)C(=O)c2ccccc2C1=O. The minimum atomic E-state index is -0.251. The Hall–Kier alpha value is -1.88. The molecule has 1 aliphatic rings. The quantitative estimate of drug-likeness (QED) is 0.767. The molecule has 1 aromatic carbocycles. The second-order valence-electron chi connectivity index (χ2n) is 4.91. The lowest BCUT2D eigenvalue weighted by Gasteiger charge is -2.17. The van der Waals surface area contributed by atoms with Crippen molar-refractivity contribution in [2.75, 3.05) is 0 Å². The lowest BCUT2D eigenvalue weighted by Crippen LogP contribution is -2.20. The maximum absolute atomic E-state index is 12.4. The normalized spacial score (nSPS) is 14.2. The molecule has 0 bridgehead atoms. The maximum atomic E-state index is 12.4. The fourth-order valence-corrected chi connectivity index (χ4v) is 2.84. The van der Waals surface area contributed by atoms with Gasteiger partial charge in [0.2, 0.25) is 5.78 Å². The predicted molar refractivity (Wildman–Crippen MR) is 80.6 cm³/mol. The second kappa shape index (κ2) is 6.26. The number of carbonyl (C=O) groups excluding carboxylic acids is 4. The van der Waals surface area contributed by atoms with Crippen LogP contribution in [0.4, 0.5) is 0 Å². The first-order valence-corrected chi connectivity index (χ1v) is 7.29. The number of hydrogen-bond donors (Lipinski definition) is 0. The number of carbonyl (C=O) groups is 4. The second-order valence-corrected chi connectivity index (χ2v) is 5.71. The summed E-state index contributed by atoms with van der Waals surface area (Å²) in [5, 5.41) is 0. The van der Waals surface area contributed by atoms with E-state index in [1.54, 1.807) is 24.3 Å². The molecule has 0 aromatic heterocycles. The molecule has 21 heavy (non-hydrogen) atoms. The lowest BCUT2D eigenvalue weighted by atomic mass is 9.87. The molecule has 0 amide bonds. The van der Waals surface area contributed by atoms with Gasteiger partial charge in [0.05, 0.1) is 10.9 Å². The first-order chi connectivity index (χ1) is 9.91. The van der Waals surface area contributed by atoms with Crippen LogP contribution in [-0.4, -0.2) is 23.1 Å². The Morgan fingerprint density at radius 1 is 1.05 bits per heavy atom. The zero-order valence-electron chi connectivity index (χ0n) is 11.4. The Morgan fingerprint density at radius 3 is 2.19 bits per heavy atom. The Kier molecular flexibility index (Phi) is 4.63. The van der Waals surface area contributed by atoms with Crippen LogP contribution in [0.25, 0.3) is 0 Å². The monoisotopic (exact) mass is 348 g/mol. The van der Waals surface area contributed by atoms with Gasteiger partial charge in [-0.05, 0) is 29.3 Å². The van der Waals surface area contributed by atoms with Crippen molar-refractivity contribution in [3.05, 3.63) is 45.4 Å². The average molecular weight is 349 g/mol. The fourth-order valence-electron chi connectivity index (χ4n) is 2.25. The zero-order chi connectivity index (χ0) is 15.6. The van der Waals surface area contributed by atoms with E-state index >= 15 is 0 Å². The van der Waals surface area contributed by atoms with Gasteiger partial charge in [-0.3, -0.25) is 19.2 Å². The fraction of sp³-hybridized carbons (Fsp3) is 0.250. The Labute approximate surface area is 130 Å². The summed E-state index contributed by atoms with van der Waals surface area (Å²) in [5.41, 5.74) is 1.03. The molecule has 108 valence electrons. The van der Waals surface area contributed by atoms with Gasteiger partial charge >= 0.3 is 0 Å². The van der Waals surface area contributed by atoms with Crippen molar-refractivity contribution in [2.45, 2.75) is 26.2 Å². The van der Waals surface area contributed by atoms with Crippen LogP contribution in [0.1, 0.15) is 46.9 Å². The van der Waals surface area contributed by atoms with Crippen molar-refractivity contribution in [3.63, 3.8) is 0 Å². The molecule has 0 saturated carbocycles. The Balaban J connectivity index is 2.22. The minimum absolute atomic E-state index is 0.0746. The number of fused-ring (bicyclic) bond motifs is 1. The largest absolute Gasteiger partial charge is 0.300 e. The third kappa shape index (κ3) is 3.24. The van der Waals surface area contributed by atoms with Gasteiger partial charge in [-0.25, -0.2) is 0 Å². The van der Waals surface area contributed by atoms with Crippen LogP contribution in [0.15, 0.2) is 34.3 Å². The van der Waals surface area contributed by atoms with Gasteiger partial charge in [-0.2, -0.15) is 0 Å². The molecule has 0 fully saturated rings. The number of benzene rings is 1. The summed E-state index contributed by atoms with van der Waals surface area (Å²) in [6, 6.07) is 6.61. The molecular weight excluding hydrogens is 336 g/mol. The molecule has 0 saturated heterocycles. The molecule has 0 aliphatic heterocycles. The van der Waals surface area contributed by atoms with Crippen LogP contribution < -0.4 is 0 Å². The van der Waals surface area contributed by atoms with Crippen molar-refractivity contribution in [1.29, 1.82) is 0 Å². The summed E-state index contributed by atoms with van der Waals surface area (Å²) < 4.78 is 0.210. The van der Waals surface area contributed by atoms with Gasteiger partial charge in [0.15, 0.2) is 5.78 Å². The van der Waals surface area contributed by atoms with E-state index < -0.39 is 0 Å². The zero-order valence-corrected chi connectivity index (χ0v) is 13.0. The molecular formula is C16H13BrO4. The highest BCUT2D eigenvalue weighted by Crippen LogP contribution is 2.31. The van der Waals surface area contributed by atoms with Gasteiger partial charge < -0.3 is 0 Å². The molecule has 1 aromatic rings. The van der Waals surface area contributed by atoms with E-state index in [-0.39, 0.29) is 46.9 Å². The average Bonchev–Trinajstić information content (AvgIpc) is 2.44. The molecule has 0 N–H and O–H groups in total. The number of Topliss-reactive ketones (excluding diaryl/α,β-unsaturated/α-hetero) is 4. The molecule has 5 heteroatoms. The van der Waals surface area contributed by atoms with Crippen molar-refractivity contribution in [3.8, 4) is 0 Å². The highest BCUT2D eigenvalue weighted by molar-refractivity contribution is 9.12. The van der Waals surface area contributed by atoms with Gasteiger partial charge in [-0.1, -0.05) is 24.3 Å². The number of hydrogen-bond acceptors (Lipinski definition) is 4. The number of halogens is 1. The van der Waals surface area contributed by atoms with Crippen molar-refractivity contribution < 1.29 is 19.2 Å². The molecule has 0 unspecified atom stereocenters. The summed E-state index contributed by atoms with van der Waals surface area (Å²) in [4.78, 5) is 47.1. The van der Waals surface area contributed by atoms with Crippen LogP contribution in [0.5, 0.6) is 0 Å². The van der Waals surface area contributed by atoms with Gasteiger partial charge in [0.1, 0.15) is 11.6 Å². The first kappa shape index (κ1) is 15.5. The predicted octanol–water partition coefficient (Wildman–Crippen LogP) is 3.04. The van der Waals surface area contributed by atoms with E-state index in [9.17, 15) is 19.2 Å². The number of ketones is 4. The summed E-state index contributed by atoms with van der Waals surface area (Å²) in [5.74, 6) is -0.925. The lowest BCUT2D eigenvalue weighted by molar-refractivity contribution is -0.125. The Bertz CT molecular complexity index is 685. The third-order valence-electron chi connectivity index (χ3n) is 3.25. The summed E-state index contributed by atoms with van der Waals surface area (Å²) in [7, 11) is 0. The van der Waals surface area contributed by atoms with Gasteiger partial charge in [-0.15, -0.1) is 0 Å². The molecule has 2 rings (SSSR count). The maximum Gasteiger partial charge on any atom is 0.201 e. The smallest absolute Gasteiger partial charge is 0.201 e. The summed E-state index contributed by atoms with van der Waals surface area (Å²) in [6.07, 6.45) is 0.0976. The topological polar surface area (TPSA) is 68.3 Å². The van der Waals surface area contributed by atoms with Crippen LogP contribution in [0.2, 0.25) is 0 Å². The van der Waals surface area contributed by atoms with Gasteiger partial charge in [0, 0.05) is 23.1 Å². The van der Waals surface area contributed by atoms with Crippen molar-refractivity contribution >= 4 is 39.1 Å². The molecule has 0 radical (unpaired) electrons. The van der Waals surface area contributed by atoms with E-state index in [1.807, 2.05) is 0 Å². The summed E-state index contributed by atoms with van der Waals surface area (Å²) in [6.45, 7) is 1.35. The first-order valence-electron chi connectivity index (χ1n) is 6.50. The molecule has 0 atom stereocenters. The van der Waals surface area contributed by atoms with E-state index in [0.717, 1.165) is 0 Å². The highest BCUT2D eigenvalue weighted by Gasteiger charge is 2.30. The molecule has 4 nitrogen and oxygen atoms in total. The van der Waals surface area contributed by atoms with E-state index in [4.69, 9.17) is 0 Å². The number of allylic oxidation sites excluding steroid dienone is 2. The minimum Gasteiger partial charge on any atom is -0.300 e.